The van der Waals surface area contributed by atoms with E-state index >= 15 is 0 Å². The van der Waals surface area contributed by atoms with Crippen LogP contribution in [-0.4, -0.2) is 44.2 Å². The van der Waals surface area contributed by atoms with Crippen LogP contribution in [0.3, 0.4) is 0 Å². The van der Waals surface area contributed by atoms with Gasteiger partial charge in [0.1, 0.15) is 0 Å². The second-order valence-corrected chi connectivity index (χ2v) is 11.7. The molecule has 11 nitrogen and oxygen atoms in total. The summed E-state index contributed by atoms with van der Waals surface area (Å²) in [6.45, 7) is 4.07. The summed E-state index contributed by atoms with van der Waals surface area (Å²) >= 11 is 0. The minimum Gasteiger partial charge on any atom is -0.337 e. The number of sulfonamides is 2. The maximum atomic E-state index is 12.4. The number of aromatic nitrogens is 3. The van der Waals surface area contributed by atoms with Crippen LogP contribution in [0.5, 0.6) is 0 Å². The fourth-order valence-electron chi connectivity index (χ4n) is 3.93. The lowest BCUT2D eigenvalue weighted by atomic mass is 10.0. The molecule has 0 aliphatic carbocycles. The minimum atomic E-state index is -4.30. The van der Waals surface area contributed by atoms with Crippen molar-refractivity contribution in [3.05, 3.63) is 89.9 Å². The molecule has 0 unspecified atom stereocenters. The topological polar surface area (TPSA) is 166 Å². The third-order valence-electron chi connectivity index (χ3n) is 5.75. The number of carbonyl (C=O) groups is 1. The van der Waals surface area contributed by atoms with E-state index in [9.17, 15) is 21.6 Å². The largest absolute Gasteiger partial charge is 0.337 e. The van der Waals surface area contributed by atoms with Crippen LogP contribution in [0.15, 0.2) is 82.7 Å². The monoisotopic (exact) mass is 554 g/mol. The quantitative estimate of drug-likeness (QED) is 0.301. The van der Waals surface area contributed by atoms with Gasteiger partial charge in [0.2, 0.25) is 10.0 Å². The zero-order valence-corrected chi connectivity index (χ0v) is 22.3. The number of aryl methyl sites for hydroxylation is 1. The minimum absolute atomic E-state index is 0.137. The Balaban J connectivity index is 1.36. The number of nitrogens with one attached hydrogen (secondary N) is 2. The molecule has 0 saturated heterocycles. The van der Waals surface area contributed by atoms with Crippen LogP contribution in [0.2, 0.25) is 0 Å². The van der Waals surface area contributed by atoms with Gasteiger partial charge in [0.05, 0.1) is 21.2 Å². The van der Waals surface area contributed by atoms with Gasteiger partial charge in [-0.25, -0.2) is 41.2 Å². The molecule has 0 saturated carbocycles. The van der Waals surface area contributed by atoms with E-state index in [0.717, 1.165) is 46.3 Å². The number of hydrogen-bond acceptors (Lipinski definition) is 7. The highest BCUT2D eigenvalue weighted by atomic mass is 32.2. The molecule has 13 heteroatoms. The van der Waals surface area contributed by atoms with Crippen molar-refractivity contribution >= 4 is 26.1 Å². The molecular weight excluding hydrogens is 528 g/mol. The average Bonchev–Trinajstić information content (AvgIpc) is 3.18. The first-order chi connectivity index (χ1) is 18.0. The molecule has 38 heavy (non-hydrogen) atoms. The van der Waals surface area contributed by atoms with Crippen molar-refractivity contribution in [3.8, 4) is 16.9 Å². The maximum Gasteiger partial charge on any atom is 0.328 e. The number of nitrogens with two attached hydrogens (primary N) is 1. The summed E-state index contributed by atoms with van der Waals surface area (Å²) in [5.41, 5.74) is 4.80. The third-order valence-corrected chi connectivity index (χ3v) is 7.99. The normalized spacial score (nSPS) is 11.8. The third kappa shape index (κ3) is 6.07. The lowest BCUT2D eigenvalue weighted by Gasteiger charge is -2.10. The first-order valence-electron chi connectivity index (χ1n) is 11.5. The Morgan fingerprint density at radius 3 is 2.32 bits per heavy atom. The molecule has 4 rings (SSSR count). The average molecular weight is 555 g/mol. The van der Waals surface area contributed by atoms with Crippen LogP contribution in [0.1, 0.15) is 17.0 Å². The van der Waals surface area contributed by atoms with Crippen molar-refractivity contribution in [3.63, 3.8) is 0 Å². The van der Waals surface area contributed by atoms with E-state index in [4.69, 9.17) is 5.14 Å². The van der Waals surface area contributed by atoms with Crippen molar-refractivity contribution in [2.45, 2.75) is 30.1 Å². The van der Waals surface area contributed by atoms with Gasteiger partial charge in [-0.15, -0.1) is 0 Å². The molecule has 4 aromatic rings. The highest BCUT2D eigenvalue weighted by Gasteiger charge is 2.20. The van der Waals surface area contributed by atoms with Crippen molar-refractivity contribution in [2.24, 2.45) is 5.14 Å². The number of nitrogens with zero attached hydrogens (tertiary/aromatic N) is 3. The molecule has 0 spiro atoms. The highest BCUT2D eigenvalue weighted by molar-refractivity contribution is 7.90. The van der Waals surface area contributed by atoms with Gasteiger partial charge in [-0.3, -0.25) is 0 Å². The molecule has 0 bridgehead atoms. The molecule has 4 N–H and O–H groups in total. The predicted octanol–water partition coefficient (Wildman–Crippen LogP) is 2.43. The summed E-state index contributed by atoms with van der Waals surface area (Å²) in [6, 6.07) is 17.1. The van der Waals surface area contributed by atoms with Gasteiger partial charge in [0, 0.05) is 18.3 Å². The fourth-order valence-corrected chi connectivity index (χ4v) is 5.54. The Labute approximate surface area is 220 Å². The summed E-state index contributed by atoms with van der Waals surface area (Å²) in [7, 11) is -8.40. The number of primary sulfonamides is 1. The molecule has 2 amide bonds. The standard InChI is InChI=1S/C25H26N6O5S2/c1-17-24(20-7-4-3-5-8-20)18(2)31(29-17)23-12-11-19(16-28-23)13-14-27-25(32)30-38(35,36)22-10-6-9-21(15-22)37(26,33)34/h3-12,15-16H,13-14H2,1-2H3,(H2,26,33,34)(H2,27,30,32). The number of benzene rings is 2. The van der Waals surface area contributed by atoms with E-state index in [-0.39, 0.29) is 11.4 Å². The summed E-state index contributed by atoms with van der Waals surface area (Å²) in [4.78, 5) is 15.9. The van der Waals surface area contributed by atoms with Crippen LogP contribution < -0.4 is 15.2 Å². The number of hydrogen-bond donors (Lipinski definition) is 3. The van der Waals surface area contributed by atoms with Gasteiger partial charge in [-0.05, 0) is 55.7 Å². The van der Waals surface area contributed by atoms with E-state index in [0.29, 0.717) is 12.2 Å². The second kappa shape index (κ2) is 10.7. The second-order valence-electron chi connectivity index (χ2n) is 8.48. The number of pyridine rings is 1. The van der Waals surface area contributed by atoms with E-state index in [1.54, 1.807) is 10.9 Å². The molecule has 2 aromatic carbocycles. The predicted molar refractivity (Wildman–Crippen MR) is 142 cm³/mol. The van der Waals surface area contributed by atoms with Crippen molar-refractivity contribution in [2.75, 3.05) is 6.54 Å². The van der Waals surface area contributed by atoms with Gasteiger partial charge < -0.3 is 5.32 Å². The van der Waals surface area contributed by atoms with Crippen LogP contribution in [0, 0.1) is 13.8 Å². The Hall–Kier alpha value is -4.07. The molecule has 0 aliphatic heterocycles. The lowest BCUT2D eigenvalue weighted by molar-refractivity contribution is 0.246. The molecule has 198 valence electrons. The van der Waals surface area contributed by atoms with E-state index < -0.39 is 31.0 Å². The first kappa shape index (κ1) is 27.0. The molecule has 0 atom stereocenters. The van der Waals surface area contributed by atoms with Crippen LogP contribution in [-0.2, 0) is 26.5 Å². The zero-order valence-electron chi connectivity index (χ0n) is 20.6. The summed E-state index contributed by atoms with van der Waals surface area (Å²) < 4.78 is 51.5. The van der Waals surface area contributed by atoms with Crippen LogP contribution in [0.25, 0.3) is 16.9 Å². The first-order valence-corrected chi connectivity index (χ1v) is 14.5. The van der Waals surface area contributed by atoms with E-state index in [1.165, 1.54) is 6.07 Å². The Morgan fingerprint density at radius 2 is 1.66 bits per heavy atom. The number of rotatable bonds is 8. The lowest BCUT2D eigenvalue weighted by Crippen LogP contribution is -2.40. The fraction of sp³-hybridized carbons (Fsp3) is 0.160. The molecule has 2 aromatic heterocycles. The number of carbonyl (C=O) groups excluding carboxylic acids is 1. The molecule has 0 aliphatic rings. The van der Waals surface area contributed by atoms with Gasteiger partial charge in [-0.2, -0.15) is 5.10 Å². The Morgan fingerprint density at radius 1 is 0.947 bits per heavy atom. The zero-order chi connectivity index (χ0) is 27.5. The van der Waals surface area contributed by atoms with Gasteiger partial charge in [0.15, 0.2) is 5.82 Å². The van der Waals surface area contributed by atoms with Crippen molar-refractivity contribution in [1.82, 2.24) is 24.8 Å². The van der Waals surface area contributed by atoms with Crippen LogP contribution in [0.4, 0.5) is 4.79 Å². The Bertz CT molecular complexity index is 1680. The smallest absolute Gasteiger partial charge is 0.328 e. The van der Waals surface area contributed by atoms with Crippen molar-refractivity contribution < 1.29 is 21.6 Å². The van der Waals surface area contributed by atoms with Crippen LogP contribution >= 0.6 is 0 Å². The summed E-state index contributed by atoms with van der Waals surface area (Å²) in [5, 5.41) is 12.2. The highest BCUT2D eigenvalue weighted by Crippen LogP contribution is 2.28. The van der Waals surface area contributed by atoms with Crippen molar-refractivity contribution in [1.29, 1.82) is 0 Å². The molecule has 0 fully saturated rings. The Kier molecular flexibility index (Phi) is 7.62. The number of amides is 2. The van der Waals surface area contributed by atoms with E-state index in [2.05, 4.69) is 15.4 Å². The SMILES string of the molecule is Cc1nn(-c2ccc(CCNC(=O)NS(=O)(=O)c3cccc(S(N)(=O)=O)c3)cn2)c(C)c1-c1ccccc1. The molecule has 0 radical (unpaired) electrons. The van der Waals surface area contributed by atoms with E-state index in [1.807, 2.05) is 61.0 Å². The summed E-state index contributed by atoms with van der Waals surface area (Å²) in [6.07, 6.45) is 2.07. The molecular formula is C25H26N6O5S2. The van der Waals surface area contributed by atoms with Gasteiger partial charge >= 0.3 is 6.03 Å². The number of urea groups is 1. The van der Waals surface area contributed by atoms with Gasteiger partial charge in [-0.1, -0.05) is 42.5 Å². The summed E-state index contributed by atoms with van der Waals surface area (Å²) in [5.74, 6) is 0.648. The molecule has 2 heterocycles. The maximum absolute atomic E-state index is 12.4. The van der Waals surface area contributed by atoms with Gasteiger partial charge in [0.25, 0.3) is 10.0 Å².